The lowest BCUT2D eigenvalue weighted by atomic mass is 10.3. The molecule has 0 radical (unpaired) electrons. The number of anilines is 1. The van der Waals surface area contributed by atoms with Gasteiger partial charge in [0.2, 0.25) is 0 Å². The molecule has 0 spiro atoms. The zero-order valence-electron chi connectivity index (χ0n) is 12.8. The van der Waals surface area contributed by atoms with Gasteiger partial charge in [-0.05, 0) is 39.1 Å². The largest absolute Gasteiger partial charge is 0.471 e. The van der Waals surface area contributed by atoms with Gasteiger partial charge < -0.3 is 20.2 Å². The molecule has 134 valence electrons. The molecule has 0 aliphatic heterocycles. The fourth-order valence-electron chi connectivity index (χ4n) is 1.98. The smallest absolute Gasteiger partial charge is 0.357 e. The number of nitrogens with one attached hydrogen (secondary N) is 2. The third-order valence-electron chi connectivity index (χ3n) is 3.14. The third-order valence-corrected chi connectivity index (χ3v) is 4.12. The molecule has 3 aromatic rings. The van der Waals surface area contributed by atoms with Crippen LogP contribution >= 0.6 is 27.5 Å². The van der Waals surface area contributed by atoms with Crippen LogP contribution in [-0.4, -0.2) is 30.8 Å². The minimum Gasteiger partial charge on any atom is -0.471 e. The highest BCUT2D eigenvalue weighted by atomic mass is 79.9. The van der Waals surface area contributed by atoms with Crippen molar-refractivity contribution in [2.45, 2.75) is 6.73 Å². The molecular formula is C14H10BrClN6O4. The lowest BCUT2D eigenvalue weighted by Crippen LogP contribution is -2.12. The first-order chi connectivity index (χ1) is 12.4. The maximum absolute atomic E-state index is 12.2. The number of nitrogens with zero attached hydrogens (tertiary/aromatic N) is 4. The van der Waals surface area contributed by atoms with E-state index in [1.165, 1.54) is 17.1 Å². The summed E-state index contributed by atoms with van der Waals surface area (Å²) in [5, 5.41) is 23.7. The molecule has 0 unspecified atom stereocenters. The van der Waals surface area contributed by atoms with Gasteiger partial charge in [-0.15, -0.1) is 5.10 Å². The van der Waals surface area contributed by atoms with E-state index in [2.05, 4.69) is 36.5 Å². The van der Waals surface area contributed by atoms with Crippen molar-refractivity contribution in [3.63, 3.8) is 0 Å². The Hall–Kier alpha value is -2.92. The molecular weight excluding hydrogens is 432 g/mol. The molecule has 0 aliphatic rings. The number of hydrogen-bond donors (Lipinski definition) is 2. The lowest BCUT2D eigenvalue weighted by molar-refractivity contribution is -0.390. The first kappa shape index (κ1) is 17.9. The molecule has 10 nitrogen and oxygen atoms in total. The van der Waals surface area contributed by atoms with Crippen LogP contribution in [0.5, 0.6) is 5.75 Å². The molecule has 0 saturated heterocycles. The van der Waals surface area contributed by atoms with Crippen molar-refractivity contribution < 1.29 is 14.5 Å². The predicted octanol–water partition coefficient (Wildman–Crippen LogP) is 3.22. The number of halogens is 2. The van der Waals surface area contributed by atoms with E-state index in [9.17, 15) is 14.9 Å². The monoisotopic (exact) mass is 440 g/mol. The van der Waals surface area contributed by atoms with Gasteiger partial charge in [0.15, 0.2) is 12.4 Å². The topological polar surface area (TPSA) is 128 Å². The second-order valence-corrected chi connectivity index (χ2v) is 6.17. The van der Waals surface area contributed by atoms with Crippen LogP contribution in [0.25, 0.3) is 0 Å². The molecule has 0 fully saturated rings. The average molecular weight is 442 g/mol. The Labute approximate surface area is 159 Å². The minimum atomic E-state index is -0.681. The number of aromatic amines is 1. The van der Waals surface area contributed by atoms with Crippen LogP contribution in [0.2, 0.25) is 5.02 Å². The first-order valence-electron chi connectivity index (χ1n) is 7.04. The fourth-order valence-corrected chi connectivity index (χ4v) is 2.66. The second kappa shape index (κ2) is 7.54. The Balaban J connectivity index is 1.63. The van der Waals surface area contributed by atoms with Crippen molar-refractivity contribution in [3.05, 3.63) is 62.0 Å². The lowest BCUT2D eigenvalue weighted by Gasteiger charge is -2.06. The summed E-state index contributed by atoms with van der Waals surface area (Å²) in [4.78, 5) is 22.3. The van der Waals surface area contributed by atoms with Crippen molar-refractivity contribution in [2.75, 3.05) is 5.32 Å². The Morgan fingerprint density at radius 3 is 3.00 bits per heavy atom. The van der Waals surface area contributed by atoms with Gasteiger partial charge in [-0.3, -0.25) is 4.79 Å². The van der Waals surface area contributed by atoms with Crippen molar-refractivity contribution in [2.24, 2.45) is 0 Å². The van der Waals surface area contributed by atoms with Crippen LogP contribution in [-0.2, 0) is 6.73 Å². The maximum atomic E-state index is 12.2. The molecule has 0 atom stereocenters. The molecule has 2 N–H and O–H groups in total. The Morgan fingerprint density at radius 1 is 1.50 bits per heavy atom. The molecule has 2 aromatic heterocycles. The van der Waals surface area contributed by atoms with E-state index < -0.39 is 16.6 Å². The normalized spacial score (nSPS) is 10.5. The summed E-state index contributed by atoms with van der Waals surface area (Å²) in [7, 11) is 0. The fraction of sp³-hybridized carbons (Fsp3) is 0.0714. The number of ether oxygens (including phenoxy) is 1. The number of hydrogen-bond acceptors (Lipinski definition) is 6. The molecule has 1 amide bonds. The number of rotatable bonds is 6. The molecule has 26 heavy (non-hydrogen) atoms. The molecule has 12 heteroatoms. The van der Waals surface area contributed by atoms with Gasteiger partial charge in [-0.2, -0.15) is 5.10 Å². The first-order valence-corrected chi connectivity index (χ1v) is 8.21. The van der Waals surface area contributed by atoms with Crippen LogP contribution in [0.4, 0.5) is 11.5 Å². The van der Waals surface area contributed by atoms with E-state index in [1.54, 1.807) is 24.3 Å². The highest BCUT2D eigenvalue weighted by Gasteiger charge is 2.24. The molecule has 3 rings (SSSR count). The molecule has 0 aliphatic carbocycles. The third kappa shape index (κ3) is 4.00. The minimum absolute atomic E-state index is 0.0309. The number of benzene rings is 1. The van der Waals surface area contributed by atoms with Crippen molar-refractivity contribution in [1.29, 1.82) is 0 Å². The summed E-state index contributed by atoms with van der Waals surface area (Å²) in [5.74, 6) is -0.455. The van der Waals surface area contributed by atoms with Gasteiger partial charge in [0.05, 0.1) is 18.1 Å². The van der Waals surface area contributed by atoms with Crippen molar-refractivity contribution in [3.8, 4) is 5.75 Å². The Morgan fingerprint density at radius 2 is 2.31 bits per heavy atom. The number of H-pyrrole nitrogens is 1. The van der Waals surface area contributed by atoms with Gasteiger partial charge in [0.1, 0.15) is 10.2 Å². The van der Waals surface area contributed by atoms with Crippen molar-refractivity contribution >= 4 is 44.9 Å². The van der Waals surface area contributed by atoms with Gasteiger partial charge >= 0.3 is 5.82 Å². The number of aromatic nitrogens is 4. The van der Waals surface area contributed by atoms with Gasteiger partial charge in [-0.25, -0.2) is 4.68 Å². The highest BCUT2D eigenvalue weighted by Crippen LogP contribution is 2.26. The van der Waals surface area contributed by atoms with Gasteiger partial charge in [0, 0.05) is 5.02 Å². The maximum Gasteiger partial charge on any atom is 0.357 e. The summed E-state index contributed by atoms with van der Waals surface area (Å²) in [5.41, 5.74) is 0.238. The van der Waals surface area contributed by atoms with E-state index in [0.717, 1.165) is 0 Å². The number of carbonyl (C=O) groups excluding carboxylic acids is 1. The molecule has 0 saturated carbocycles. The molecule has 0 bridgehead atoms. The van der Waals surface area contributed by atoms with Crippen LogP contribution < -0.4 is 10.1 Å². The van der Waals surface area contributed by atoms with E-state index in [-0.39, 0.29) is 16.9 Å². The van der Waals surface area contributed by atoms with E-state index in [0.29, 0.717) is 16.5 Å². The molecule has 1 aromatic carbocycles. The SMILES string of the molecule is O=C(Nc1cnn(COc2cccc(Cl)c2)c1)c1n[nH]c([N+](=O)[O-])c1Br. The predicted molar refractivity (Wildman–Crippen MR) is 95.2 cm³/mol. The Kier molecular flexibility index (Phi) is 5.19. The quantitative estimate of drug-likeness (QED) is 0.446. The van der Waals surface area contributed by atoms with E-state index >= 15 is 0 Å². The van der Waals surface area contributed by atoms with Crippen LogP contribution in [0.15, 0.2) is 41.1 Å². The number of carbonyl (C=O) groups is 1. The summed E-state index contributed by atoms with van der Waals surface area (Å²) in [6.45, 7) is 0.105. The summed E-state index contributed by atoms with van der Waals surface area (Å²) >= 11 is 8.86. The standard InChI is InChI=1S/C14H10BrClN6O4/c15-11-12(19-20-13(11)22(24)25)14(23)18-9-5-17-21(6-9)7-26-10-3-1-2-8(16)4-10/h1-6H,7H2,(H,18,23)(H,19,20). The number of amides is 1. The summed E-state index contributed by atoms with van der Waals surface area (Å²) in [6.07, 6.45) is 2.95. The highest BCUT2D eigenvalue weighted by molar-refractivity contribution is 9.10. The van der Waals surface area contributed by atoms with Crippen LogP contribution in [0.3, 0.4) is 0 Å². The zero-order valence-corrected chi connectivity index (χ0v) is 15.2. The van der Waals surface area contributed by atoms with Crippen LogP contribution in [0, 0.1) is 10.1 Å². The van der Waals surface area contributed by atoms with Gasteiger partial charge in [-0.1, -0.05) is 22.8 Å². The van der Waals surface area contributed by atoms with Crippen LogP contribution in [0.1, 0.15) is 10.5 Å². The second-order valence-electron chi connectivity index (χ2n) is 4.95. The summed E-state index contributed by atoms with van der Waals surface area (Å²) in [6, 6.07) is 6.90. The van der Waals surface area contributed by atoms with E-state index in [4.69, 9.17) is 16.3 Å². The average Bonchev–Trinajstić information content (AvgIpc) is 3.19. The summed E-state index contributed by atoms with van der Waals surface area (Å²) < 4.78 is 6.95. The Bertz CT molecular complexity index is 972. The van der Waals surface area contributed by atoms with Crippen molar-refractivity contribution in [1.82, 2.24) is 20.0 Å². The molecule has 2 heterocycles. The van der Waals surface area contributed by atoms with Gasteiger partial charge in [0.25, 0.3) is 5.91 Å². The number of nitro groups is 1. The van der Waals surface area contributed by atoms with E-state index in [1.807, 2.05) is 0 Å². The zero-order chi connectivity index (χ0) is 18.7.